The molecule has 0 spiro atoms. The molecule has 1 aromatic rings. The second-order valence-electron chi connectivity index (χ2n) is 4.84. The molecule has 0 atom stereocenters. The molecule has 0 aromatic heterocycles. The van der Waals surface area contributed by atoms with Crippen molar-refractivity contribution in [2.75, 3.05) is 13.7 Å². The minimum atomic E-state index is -4.41. The highest BCUT2D eigenvalue weighted by Gasteiger charge is 2.36. The molecule has 1 aromatic carbocycles. The monoisotopic (exact) mass is 287 g/mol. The fraction of sp³-hybridized carbons (Fsp3) is 0.500. The van der Waals surface area contributed by atoms with E-state index in [9.17, 15) is 18.0 Å². The molecule has 0 radical (unpaired) electrons. The zero-order valence-electron chi connectivity index (χ0n) is 11.1. The zero-order valence-corrected chi connectivity index (χ0v) is 11.1. The number of carbonyl (C=O) groups excluding carboxylic acids is 1. The molecule has 0 aliphatic heterocycles. The highest BCUT2D eigenvalue weighted by Crippen LogP contribution is 2.34. The Bertz CT molecular complexity index is 484. The Labute approximate surface area is 115 Å². The molecular weight excluding hydrogens is 271 g/mol. The molecule has 1 amide bonds. The van der Waals surface area contributed by atoms with Gasteiger partial charge in [0, 0.05) is 19.7 Å². The minimum Gasteiger partial charge on any atom is -0.375 e. The van der Waals surface area contributed by atoms with Crippen molar-refractivity contribution in [2.45, 2.75) is 31.6 Å². The smallest absolute Gasteiger partial charge is 0.375 e. The second-order valence-corrected chi connectivity index (χ2v) is 4.84. The van der Waals surface area contributed by atoms with Crippen molar-refractivity contribution in [1.29, 1.82) is 0 Å². The Hall–Kier alpha value is -1.56. The third-order valence-corrected chi connectivity index (χ3v) is 3.24. The van der Waals surface area contributed by atoms with Gasteiger partial charge < -0.3 is 9.64 Å². The molecule has 0 N–H and O–H groups in total. The van der Waals surface area contributed by atoms with Crippen LogP contribution in [0.25, 0.3) is 0 Å². The summed E-state index contributed by atoms with van der Waals surface area (Å²) < 4.78 is 43.6. The van der Waals surface area contributed by atoms with Crippen LogP contribution in [0.3, 0.4) is 0 Å². The third-order valence-electron chi connectivity index (χ3n) is 3.24. The van der Waals surface area contributed by atoms with Gasteiger partial charge in [-0.2, -0.15) is 13.2 Å². The number of benzene rings is 1. The van der Waals surface area contributed by atoms with Crippen molar-refractivity contribution in [2.24, 2.45) is 0 Å². The van der Waals surface area contributed by atoms with Crippen LogP contribution < -0.4 is 0 Å². The molecule has 0 bridgehead atoms. The molecule has 0 saturated heterocycles. The third kappa shape index (κ3) is 3.50. The molecule has 1 aliphatic carbocycles. The normalized spacial score (nSPS) is 15.2. The topological polar surface area (TPSA) is 29.5 Å². The number of alkyl halides is 3. The average Bonchev–Trinajstić information content (AvgIpc) is 3.19. The molecule has 0 heterocycles. The number of halogens is 3. The van der Waals surface area contributed by atoms with E-state index in [1.165, 1.54) is 24.1 Å². The number of rotatable bonds is 5. The van der Waals surface area contributed by atoms with Crippen LogP contribution >= 0.6 is 0 Å². The van der Waals surface area contributed by atoms with E-state index in [1.807, 2.05) is 0 Å². The van der Waals surface area contributed by atoms with Gasteiger partial charge in [0.2, 0.25) is 5.91 Å². The van der Waals surface area contributed by atoms with Crippen LogP contribution in [-0.2, 0) is 22.3 Å². The lowest BCUT2D eigenvalue weighted by Gasteiger charge is -2.24. The molecule has 20 heavy (non-hydrogen) atoms. The van der Waals surface area contributed by atoms with E-state index in [-0.39, 0.29) is 30.7 Å². The second kappa shape index (κ2) is 5.83. The molecule has 6 heteroatoms. The number of carbonyl (C=O) groups is 1. The van der Waals surface area contributed by atoms with Crippen LogP contribution in [0.2, 0.25) is 0 Å². The summed E-state index contributed by atoms with van der Waals surface area (Å²) in [5, 5.41) is 0. The quantitative estimate of drug-likeness (QED) is 0.833. The van der Waals surface area contributed by atoms with Gasteiger partial charge >= 0.3 is 6.18 Å². The Morgan fingerprint density at radius 1 is 1.35 bits per heavy atom. The maximum absolute atomic E-state index is 12.9. The number of methoxy groups -OCH3 is 1. The van der Waals surface area contributed by atoms with Gasteiger partial charge in [0.15, 0.2) is 0 Å². The highest BCUT2D eigenvalue weighted by atomic mass is 19.4. The lowest BCUT2D eigenvalue weighted by molar-refractivity contribution is -0.141. The van der Waals surface area contributed by atoms with Crippen molar-refractivity contribution in [3.8, 4) is 0 Å². The summed E-state index contributed by atoms with van der Waals surface area (Å²) in [6.45, 7) is -0.132. The molecule has 0 unspecified atom stereocenters. The van der Waals surface area contributed by atoms with Gasteiger partial charge in [0.25, 0.3) is 0 Å². The minimum absolute atomic E-state index is 0.0253. The van der Waals surface area contributed by atoms with E-state index in [0.717, 1.165) is 18.9 Å². The number of nitrogens with zero attached hydrogens (tertiary/aromatic N) is 1. The molecular formula is C14H16F3NO2. The van der Waals surface area contributed by atoms with E-state index in [1.54, 1.807) is 6.07 Å². The van der Waals surface area contributed by atoms with Gasteiger partial charge in [-0.05, 0) is 24.5 Å². The number of amides is 1. The van der Waals surface area contributed by atoms with Gasteiger partial charge in [-0.3, -0.25) is 4.79 Å². The standard InChI is InChI=1S/C14H16F3NO2/c1-20-9-13(19)18(11-6-7-11)8-10-4-2-3-5-12(10)14(15,16)17/h2-5,11H,6-9H2,1H3. The number of hydrogen-bond acceptors (Lipinski definition) is 2. The van der Waals surface area contributed by atoms with Gasteiger partial charge in [-0.15, -0.1) is 0 Å². The van der Waals surface area contributed by atoms with Gasteiger partial charge in [0.05, 0.1) is 5.56 Å². The van der Waals surface area contributed by atoms with Crippen molar-refractivity contribution in [1.82, 2.24) is 4.90 Å². The van der Waals surface area contributed by atoms with Crippen molar-refractivity contribution >= 4 is 5.91 Å². The van der Waals surface area contributed by atoms with E-state index in [4.69, 9.17) is 4.74 Å². The Kier molecular flexibility index (Phi) is 4.32. The van der Waals surface area contributed by atoms with Gasteiger partial charge in [-0.1, -0.05) is 18.2 Å². The molecule has 1 fully saturated rings. The lowest BCUT2D eigenvalue weighted by Crippen LogP contribution is -2.35. The van der Waals surface area contributed by atoms with Crippen LogP contribution in [-0.4, -0.2) is 30.6 Å². The Balaban J connectivity index is 2.21. The summed E-state index contributed by atoms with van der Waals surface area (Å²) in [5.41, 5.74) is -0.563. The summed E-state index contributed by atoms with van der Waals surface area (Å²) >= 11 is 0. The van der Waals surface area contributed by atoms with E-state index in [0.29, 0.717) is 0 Å². The van der Waals surface area contributed by atoms with Crippen LogP contribution in [0.4, 0.5) is 13.2 Å². The first kappa shape index (κ1) is 14.8. The predicted molar refractivity (Wildman–Crippen MR) is 66.9 cm³/mol. The summed E-state index contributed by atoms with van der Waals surface area (Å²) in [6, 6.07) is 5.40. The van der Waals surface area contributed by atoms with Crippen LogP contribution in [0.15, 0.2) is 24.3 Å². The number of ether oxygens (including phenoxy) is 1. The first-order valence-electron chi connectivity index (χ1n) is 6.37. The van der Waals surface area contributed by atoms with Gasteiger partial charge in [0.1, 0.15) is 6.61 Å². The largest absolute Gasteiger partial charge is 0.416 e. The zero-order chi connectivity index (χ0) is 14.8. The summed E-state index contributed by atoms with van der Waals surface area (Å²) in [7, 11) is 1.40. The first-order chi connectivity index (χ1) is 9.43. The summed E-state index contributed by atoms with van der Waals surface area (Å²) in [6.07, 6.45) is -2.73. The summed E-state index contributed by atoms with van der Waals surface area (Å²) in [5.74, 6) is -0.271. The van der Waals surface area contributed by atoms with Crippen LogP contribution in [0.5, 0.6) is 0 Å². The van der Waals surface area contributed by atoms with Gasteiger partial charge in [-0.25, -0.2) is 0 Å². The van der Waals surface area contributed by atoms with Crippen molar-refractivity contribution in [3.63, 3.8) is 0 Å². The molecule has 2 rings (SSSR count). The van der Waals surface area contributed by atoms with E-state index in [2.05, 4.69) is 0 Å². The first-order valence-corrected chi connectivity index (χ1v) is 6.37. The summed E-state index contributed by atoms with van der Waals surface area (Å²) in [4.78, 5) is 13.4. The fourth-order valence-electron chi connectivity index (χ4n) is 2.13. The maximum Gasteiger partial charge on any atom is 0.416 e. The fourth-order valence-corrected chi connectivity index (χ4v) is 2.13. The van der Waals surface area contributed by atoms with Crippen molar-refractivity contribution in [3.05, 3.63) is 35.4 Å². The highest BCUT2D eigenvalue weighted by molar-refractivity contribution is 5.78. The van der Waals surface area contributed by atoms with E-state index < -0.39 is 11.7 Å². The van der Waals surface area contributed by atoms with Crippen molar-refractivity contribution < 1.29 is 22.7 Å². The maximum atomic E-state index is 12.9. The SMILES string of the molecule is COCC(=O)N(Cc1ccccc1C(F)(F)F)C1CC1. The Morgan fingerprint density at radius 3 is 2.55 bits per heavy atom. The lowest BCUT2D eigenvalue weighted by atomic mass is 10.1. The van der Waals surface area contributed by atoms with Crippen LogP contribution in [0, 0.1) is 0 Å². The predicted octanol–water partition coefficient (Wildman–Crippen LogP) is 2.84. The Morgan fingerprint density at radius 2 is 2.00 bits per heavy atom. The molecule has 110 valence electrons. The molecule has 1 saturated carbocycles. The average molecular weight is 287 g/mol. The molecule has 1 aliphatic rings. The van der Waals surface area contributed by atoms with Crippen LogP contribution in [0.1, 0.15) is 24.0 Å². The number of hydrogen-bond donors (Lipinski definition) is 0. The van der Waals surface area contributed by atoms with E-state index >= 15 is 0 Å². The molecule has 3 nitrogen and oxygen atoms in total.